The molecule has 90 valence electrons. The van der Waals surface area contributed by atoms with Crippen molar-refractivity contribution in [2.24, 2.45) is 7.05 Å². The zero-order valence-electron chi connectivity index (χ0n) is 10.2. The van der Waals surface area contributed by atoms with E-state index in [2.05, 4.69) is 34.7 Å². The number of rotatable bonds is 5. The van der Waals surface area contributed by atoms with Crippen molar-refractivity contribution in [3.8, 4) is 5.75 Å². The van der Waals surface area contributed by atoms with Gasteiger partial charge in [0.2, 0.25) is 0 Å². The lowest BCUT2D eigenvalue weighted by molar-refractivity contribution is 0.306. The van der Waals surface area contributed by atoms with Crippen molar-refractivity contribution >= 4 is 0 Å². The fourth-order valence-corrected chi connectivity index (χ4v) is 1.60. The Morgan fingerprint density at radius 3 is 2.53 bits per heavy atom. The summed E-state index contributed by atoms with van der Waals surface area (Å²) >= 11 is 0. The standard InChI is InChI=1S/C13H17N3O/c1-14-7-11-3-5-12(6-4-11)10-17-13-8-15-16(2)9-13/h3-6,8-9,14H,7,10H2,1-2H3. The van der Waals surface area contributed by atoms with Gasteiger partial charge in [-0.2, -0.15) is 5.10 Å². The molecule has 1 N–H and O–H groups in total. The van der Waals surface area contributed by atoms with Gasteiger partial charge < -0.3 is 10.1 Å². The fraction of sp³-hybridized carbons (Fsp3) is 0.308. The van der Waals surface area contributed by atoms with Gasteiger partial charge in [0.05, 0.1) is 12.4 Å². The van der Waals surface area contributed by atoms with Crippen molar-refractivity contribution in [2.75, 3.05) is 7.05 Å². The maximum atomic E-state index is 5.61. The second kappa shape index (κ2) is 5.50. The van der Waals surface area contributed by atoms with Gasteiger partial charge in [0, 0.05) is 13.6 Å². The predicted octanol–water partition coefficient (Wildman–Crippen LogP) is 1.72. The molecule has 17 heavy (non-hydrogen) atoms. The topological polar surface area (TPSA) is 39.1 Å². The fourth-order valence-electron chi connectivity index (χ4n) is 1.60. The van der Waals surface area contributed by atoms with Gasteiger partial charge in [0.1, 0.15) is 6.61 Å². The highest BCUT2D eigenvalue weighted by Gasteiger charge is 1.98. The van der Waals surface area contributed by atoms with Crippen LogP contribution < -0.4 is 10.1 Å². The molecule has 0 radical (unpaired) electrons. The molecule has 0 amide bonds. The van der Waals surface area contributed by atoms with Crippen LogP contribution in [0.4, 0.5) is 0 Å². The van der Waals surface area contributed by atoms with E-state index in [9.17, 15) is 0 Å². The molecule has 0 aliphatic carbocycles. The molecule has 0 unspecified atom stereocenters. The molecule has 0 fully saturated rings. The number of hydrogen-bond acceptors (Lipinski definition) is 3. The van der Waals surface area contributed by atoms with Gasteiger partial charge in [-0.25, -0.2) is 0 Å². The largest absolute Gasteiger partial charge is 0.486 e. The van der Waals surface area contributed by atoms with Gasteiger partial charge in [-0.3, -0.25) is 4.68 Å². The minimum absolute atomic E-state index is 0.575. The molecule has 1 aromatic carbocycles. The van der Waals surface area contributed by atoms with Gasteiger partial charge in [0.15, 0.2) is 5.75 Å². The molecule has 0 aliphatic heterocycles. The highest BCUT2D eigenvalue weighted by Crippen LogP contribution is 2.11. The molecule has 1 aromatic heterocycles. The van der Waals surface area contributed by atoms with Crippen molar-refractivity contribution in [2.45, 2.75) is 13.2 Å². The average Bonchev–Trinajstić information content (AvgIpc) is 2.75. The van der Waals surface area contributed by atoms with E-state index in [1.54, 1.807) is 10.9 Å². The summed E-state index contributed by atoms with van der Waals surface area (Å²) in [4.78, 5) is 0. The number of nitrogens with one attached hydrogen (secondary N) is 1. The van der Waals surface area contributed by atoms with E-state index in [0.29, 0.717) is 6.61 Å². The Morgan fingerprint density at radius 2 is 1.94 bits per heavy atom. The third kappa shape index (κ3) is 3.32. The molecule has 0 saturated carbocycles. The first-order valence-corrected chi connectivity index (χ1v) is 5.62. The SMILES string of the molecule is CNCc1ccc(COc2cnn(C)c2)cc1. The van der Waals surface area contributed by atoms with Crippen LogP contribution in [0.5, 0.6) is 5.75 Å². The van der Waals surface area contributed by atoms with Gasteiger partial charge in [-0.1, -0.05) is 24.3 Å². The minimum Gasteiger partial charge on any atom is -0.486 e. The molecule has 4 nitrogen and oxygen atoms in total. The summed E-state index contributed by atoms with van der Waals surface area (Å²) in [6, 6.07) is 8.39. The summed E-state index contributed by atoms with van der Waals surface area (Å²) in [5.41, 5.74) is 2.44. The molecular formula is C13H17N3O. The molecular weight excluding hydrogens is 214 g/mol. The first-order valence-electron chi connectivity index (χ1n) is 5.62. The lowest BCUT2D eigenvalue weighted by Crippen LogP contribution is -2.05. The number of benzene rings is 1. The van der Waals surface area contributed by atoms with E-state index in [1.165, 1.54) is 5.56 Å². The maximum Gasteiger partial charge on any atom is 0.157 e. The van der Waals surface area contributed by atoms with Crippen LogP contribution in [0, 0.1) is 0 Å². The van der Waals surface area contributed by atoms with Crippen LogP contribution in [0.15, 0.2) is 36.7 Å². The predicted molar refractivity (Wildman–Crippen MR) is 66.7 cm³/mol. The first-order chi connectivity index (χ1) is 8.28. The van der Waals surface area contributed by atoms with Gasteiger partial charge in [-0.05, 0) is 18.2 Å². The summed E-state index contributed by atoms with van der Waals surface area (Å²) in [5, 5.41) is 7.17. The minimum atomic E-state index is 0.575. The Labute approximate surface area is 101 Å². The number of ether oxygens (including phenoxy) is 1. The Kier molecular flexibility index (Phi) is 3.77. The molecule has 2 aromatic rings. The number of aromatic nitrogens is 2. The Balaban J connectivity index is 1.90. The Morgan fingerprint density at radius 1 is 1.24 bits per heavy atom. The maximum absolute atomic E-state index is 5.61. The molecule has 0 aliphatic rings. The van der Waals surface area contributed by atoms with E-state index in [1.807, 2.05) is 20.3 Å². The third-order valence-electron chi connectivity index (χ3n) is 2.49. The van der Waals surface area contributed by atoms with Crippen LogP contribution >= 0.6 is 0 Å². The van der Waals surface area contributed by atoms with Crippen LogP contribution in [0.2, 0.25) is 0 Å². The van der Waals surface area contributed by atoms with Crippen LogP contribution in [0.25, 0.3) is 0 Å². The Bertz CT molecular complexity index is 462. The van der Waals surface area contributed by atoms with Crippen molar-refractivity contribution < 1.29 is 4.74 Å². The molecule has 0 bridgehead atoms. The summed E-state index contributed by atoms with van der Waals surface area (Å²) in [6.07, 6.45) is 3.57. The zero-order valence-corrected chi connectivity index (χ0v) is 10.2. The quantitative estimate of drug-likeness (QED) is 0.851. The second-order valence-corrected chi connectivity index (χ2v) is 3.99. The zero-order chi connectivity index (χ0) is 12.1. The van der Waals surface area contributed by atoms with Gasteiger partial charge in [0.25, 0.3) is 0 Å². The van der Waals surface area contributed by atoms with E-state index in [4.69, 9.17) is 4.74 Å². The van der Waals surface area contributed by atoms with E-state index in [-0.39, 0.29) is 0 Å². The molecule has 0 spiro atoms. The highest BCUT2D eigenvalue weighted by molar-refractivity contribution is 5.22. The number of hydrogen-bond donors (Lipinski definition) is 1. The summed E-state index contributed by atoms with van der Waals surface area (Å²) in [6.45, 7) is 1.47. The van der Waals surface area contributed by atoms with Crippen LogP contribution in [-0.2, 0) is 20.2 Å². The highest BCUT2D eigenvalue weighted by atomic mass is 16.5. The Hall–Kier alpha value is -1.81. The summed E-state index contributed by atoms with van der Waals surface area (Å²) in [7, 11) is 3.82. The monoisotopic (exact) mass is 231 g/mol. The second-order valence-electron chi connectivity index (χ2n) is 3.99. The summed E-state index contributed by atoms with van der Waals surface area (Å²) < 4.78 is 7.34. The molecule has 1 heterocycles. The van der Waals surface area contributed by atoms with Gasteiger partial charge >= 0.3 is 0 Å². The van der Waals surface area contributed by atoms with Crippen molar-refractivity contribution in [3.63, 3.8) is 0 Å². The smallest absolute Gasteiger partial charge is 0.157 e. The van der Waals surface area contributed by atoms with E-state index in [0.717, 1.165) is 17.9 Å². The van der Waals surface area contributed by atoms with Crippen LogP contribution in [0.3, 0.4) is 0 Å². The normalized spacial score (nSPS) is 10.5. The molecule has 0 saturated heterocycles. The first kappa shape index (κ1) is 11.7. The van der Waals surface area contributed by atoms with Crippen molar-refractivity contribution in [3.05, 3.63) is 47.8 Å². The molecule has 0 atom stereocenters. The van der Waals surface area contributed by atoms with Crippen molar-refractivity contribution in [1.82, 2.24) is 15.1 Å². The van der Waals surface area contributed by atoms with Crippen LogP contribution in [0.1, 0.15) is 11.1 Å². The van der Waals surface area contributed by atoms with Gasteiger partial charge in [-0.15, -0.1) is 0 Å². The number of nitrogens with zero attached hydrogens (tertiary/aromatic N) is 2. The van der Waals surface area contributed by atoms with Crippen LogP contribution in [-0.4, -0.2) is 16.8 Å². The average molecular weight is 231 g/mol. The lowest BCUT2D eigenvalue weighted by Gasteiger charge is -2.05. The summed E-state index contributed by atoms with van der Waals surface area (Å²) in [5.74, 6) is 0.798. The lowest BCUT2D eigenvalue weighted by atomic mass is 10.1. The van der Waals surface area contributed by atoms with Crippen molar-refractivity contribution in [1.29, 1.82) is 0 Å². The third-order valence-corrected chi connectivity index (χ3v) is 2.49. The molecule has 4 heteroatoms. The van der Waals surface area contributed by atoms with E-state index < -0.39 is 0 Å². The number of aryl methyl sites for hydroxylation is 1. The molecule has 2 rings (SSSR count). The van der Waals surface area contributed by atoms with E-state index >= 15 is 0 Å².